The number of hydrogen-bond donors (Lipinski definition) is 2. The van der Waals surface area contributed by atoms with Crippen molar-refractivity contribution in [2.45, 2.75) is 25.9 Å². The van der Waals surface area contributed by atoms with Crippen LogP contribution in [0.5, 0.6) is 5.75 Å². The zero-order chi connectivity index (χ0) is 18.2. The van der Waals surface area contributed by atoms with Gasteiger partial charge in [0, 0.05) is 18.5 Å². The molecule has 0 saturated carbocycles. The van der Waals surface area contributed by atoms with Crippen LogP contribution in [0, 0.1) is 17.3 Å². The molecule has 0 aliphatic rings. The Bertz CT molecular complexity index is 873. The van der Waals surface area contributed by atoms with Gasteiger partial charge in [-0.05, 0) is 30.7 Å². The van der Waals surface area contributed by atoms with E-state index in [1.807, 2.05) is 12.1 Å². The number of aliphatic carboxylic acids is 1. The number of benzene rings is 1. The van der Waals surface area contributed by atoms with Crippen LogP contribution in [0.25, 0.3) is 0 Å². The number of ether oxygens (including phenoxy) is 1. The lowest BCUT2D eigenvalue weighted by Crippen LogP contribution is -2.15. The minimum Gasteiger partial charge on any atom is -0.489 e. The number of carbonyl (C=O) groups is 1. The highest BCUT2D eigenvalue weighted by Gasteiger charge is 2.13. The van der Waals surface area contributed by atoms with Crippen molar-refractivity contribution in [1.82, 2.24) is 4.68 Å². The molecule has 0 aliphatic heterocycles. The fourth-order valence-corrected chi connectivity index (χ4v) is 2.30. The van der Waals surface area contributed by atoms with Gasteiger partial charge in [0.25, 0.3) is 0 Å². The van der Waals surface area contributed by atoms with Gasteiger partial charge < -0.3 is 9.84 Å². The lowest BCUT2D eigenvalue weighted by atomic mass is 9.96. The second-order valence-electron chi connectivity index (χ2n) is 5.31. The Kier molecular flexibility index (Phi) is 6.13. The SMILES string of the molecule is C=Nn1cc(COc2ccc(C(C#CC)CC(=O)O)cc2)ccc1=N. The minimum atomic E-state index is -0.880. The van der Waals surface area contributed by atoms with E-state index >= 15 is 0 Å². The number of nitrogens with zero attached hydrogens (tertiary/aromatic N) is 2. The molecule has 25 heavy (non-hydrogen) atoms. The molecule has 1 atom stereocenters. The van der Waals surface area contributed by atoms with Gasteiger partial charge in [-0.2, -0.15) is 5.10 Å². The van der Waals surface area contributed by atoms with Gasteiger partial charge in [-0.1, -0.05) is 24.1 Å². The van der Waals surface area contributed by atoms with Crippen molar-refractivity contribution >= 4 is 12.7 Å². The van der Waals surface area contributed by atoms with Gasteiger partial charge in [-0.15, -0.1) is 5.92 Å². The molecular weight excluding hydrogens is 318 g/mol. The molecule has 0 fully saturated rings. The first kappa shape index (κ1) is 18.0. The van der Waals surface area contributed by atoms with Gasteiger partial charge >= 0.3 is 5.97 Å². The number of nitrogens with one attached hydrogen (secondary N) is 1. The molecule has 0 spiro atoms. The summed E-state index contributed by atoms with van der Waals surface area (Å²) >= 11 is 0. The molecule has 6 nitrogen and oxygen atoms in total. The highest BCUT2D eigenvalue weighted by molar-refractivity contribution is 5.69. The average Bonchev–Trinajstić information content (AvgIpc) is 2.61. The largest absolute Gasteiger partial charge is 0.489 e. The summed E-state index contributed by atoms with van der Waals surface area (Å²) in [6.45, 7) is 5.43. The molecule has 128 valence electrons. The van der Waals surface area contributed by atoms with Crippen LogP contribution < -0.4 is 10.2 Å². The van der Waals surface area contributed by atoms with Crippen molar-refractivity contribution < 1.29 is 14.6 Å². The van der Waals surface area contributed by atoms with Crippen LogP contribution in [0.4, 0.5) is 0 Å². The molecule has 0 bridgehead atoms. The highest BCUT2D eigenvalue weighted by atomic mass is 16.5. The van der Waals surface area contributed by atoms with Gasteiger partial charge in [0.05, 0.1) is 12.3 Å². The summed E-state index contributed by atoms with van der Waals surface area (Å²) in [5.74, 6) is 5.14. The Labute approximate surface area is 145 Å². The fraction of sp³-hybridized carbons (Fsp3) is 0.211. The smallest absolute Gasteiger partial charge is 0.304 e. The van der Waals surface area contributed by atoms with Crippen LogP contribution in [-0.2, 0) is 11.4 Å². The van der Waals surface area contributed by atoms with Gasteiger partial charge in [0.15, 0.2) is 0 Å². The van der Waals surface area contributed by atoms with E-state index in [-0.39, 0.29) is 17.8 Å². The maximum atomic E-state index is 10.9. The molecule has 1 aromatic heterocycles. The lowest BCUT2D eigenvalue weighted by molar-refractivity contribution is -0.137. The van der Waals surface area contributed by atoms with Crippen LogP contribution in [0.1, 0.15) is 30.4 Å². The molecule has 1 heterocycles. The molecule has 1 aromatic carbocycles. The molecule has 0 amide bonds. The molecule has 1 unspecified atom stereocenters. The van der Waals surface area contributed by atoms with Gasteiger partial charge in [0.2, 0.25) is 0 Å². The molecule has 0 aliphatic carbocycles. The third-order valence-electron chi connectivity index (χ3n) is 3.53. The van der Waals surface area contributed by atoms with Gasteiger partial charge in [-0.25, -0.2) is 4.68 Å². The number of rotatable bonds is 7. The van der Waals surface area contributed by atoms with E-state index in [2.05, 4.69) is 23.7 Å². The molecule has 0 saturated heterocycles. The van der Waals surface area contributed by atoms with Gasteiger partial charge in [-0.3, -0.25) is 10.2 Å². The highest BCUT2D eigenvalue weighted by Crippen LogP contribution is 2.22. The second-order valence-corrected chi connectivity index (χ2v) is 5.31. The van der Waals surface area contributed by atoms with Crippen LogP contribution in [0.3, 0.4) is 0 Å². The van der Waals surface area contributed by atoms with Crippen LogP contribution >= 0.6 is 0 Å². The monoisotopic (exact) mass is 337 g/mol. The van der Waals surface area contributed by atoms with Crippen molar-refractivity contribution in [2.24, 2.45) is 5.10 Å². The van der Waals surface area contributed by atoms with Gasteiger partial charge in [0.1, 0.15) is 17.8 Å². The summed E-state index contributed by atoms with van der Waals surface area (Å²) in [5, 5.41) is 20.3. The molecule has 6 heteroatoms. The molecule has 2 aromatic rings. The average molecular weight is 337 g/mol. The Morgan fingerprint density at radius 3 is 2.68 bits per heavy atom. The van der Waals surface area contributed by atoms with Crippen molar-refractivity contribution in [3.8, 4) is 17.6 Å². The summed E-state index contributed by atoms with van der Waals surface area (Å²) in [6, 6.07) is 10.6. The van der Waals surface area contributed by atoms with E-state index in [9.17, 15) is 4.79 Å². The van der Waals surface area contributed by atoms with E-state index in [1.165, 1.54) is 4.68 Å². The predicted octanol–water partition coefficient (Wildman–Crippen LogP) is 2.59. The maximum Gasteiger partial charge on any atom is 0.304 e. The zero-order valence-corrected chi connectivity index (χ0v) is 13.9. The van der Waals surface area contributed by atoms with Crippen molar-refractivity contribution in [1.29, 1.82) is 5.41 Å². The second kappa shape index (κ2) is 8.50. The molecule has 0 radical (unpaired) electrons. The Balaban J connectivity index is 2.06. The van der Waals surface area contributed by atoms with Crippen molar-refractivity contribution in [3.63, 3.8) is 0 Å². The third kappa shape index (κ3) is 5.08. The predicted molar refractivity (Wildman–Crippen MR) is 94.5 cm³/mol. The Morgan fingerprint density at radius 1 is 1.36 bits per heavy atom. The summed E-state index contributed by atoms with van der Waals surface area (Å²) in [5.41, 5.74) is 1.94. The Morgan fingerprint density at radius 2 is 2.08 bits per heavy atom. The summed E-state index contributed by atoms with van der Waals surface area (Å²) in [6.07, 6.45) is 1.65. The number of pyridine rings is 1. The van der Waals surface area contributed by atoms with Crippen LogP contribution in [0.2, 0.25) is 0 Å². The number of carboxylic acid groups (broad SMARTS) is 1. The lowest BCUT2D eigenvalue weighted by Gasteiger charge is -2.11. The number of carboxylic acids is 1. The third-order valence-corrected chi connectivity index (χ3v) is 3.53. The summed E-state index contributed by atoms with van der Waals surface area (Å²) in [7, 11) is 0. The topological polar surface area (TPSA) is 87.7 Å². The van der Waals surface area contributed by atoms with E-state index in [0.29, 0.717) is 12.4 Å². The van der Waals surface area contributed by atoms with E-state index in [1.54, 1.807) is 37.4 Å². The van der Waals surface area contributed by atoms with E-state index in [4.69, 9.17) is 15.3 Å². The summed E-state index contributed by atoms with van der Waals surface area (Å²) < 4.78 is 7.08. The number of aromatic nitrogens is 1. The summed E-state index contributed by atoms with van der Waals surface area (Å²) in [4.78, 5) is 10.9. The molecular formula is C19H19N3O3. The van der Waals surface area contributed by atoms with E-state index in [0.717, 1.165) is 11.1 Å². The minimum absolute atomic E-state index is 0.0327. The fourth-order valence-electron chi connectivity index (χ4n) is 2.30. The quantitative estimate of drug-likeness (QED) is 0.601. The first-order valence-electron chi connectivity index (χ1n) is 7.63. The first-order chi connectivity index (χ1) is 12.0. The van der Waals surface area contributed by atoms with Crippen LogP contribution in [0.15, 0.2) is 47.7 Å². The maximum absolute atomic E-state index is 10.9. The zero-order valence-electron chi connectivity index (χ0n) is 13.9. The normalized spacial score (nSPS) is 11.1. The van der Waals surface area contributed by atoms with Crippen molar-refractivity contribution in [2.75, 3.05) is 0 Å². The van der Waals surface area contributed by atoms with Crippen LogP contribution in [-0.4, -0.2) is 22.5 Å². The molecule has 2 N–H and O–H groups in total. The first-order valence-corrected chi connectivity index (χ1v) is 7.63. The number of hydrogen-bond acceptors (Lipinski definition) is 4. The molecule has 2 rings (SSSR count). The van der Waals surface area contributed by atoms with Crippen molar-refractivity contribution in [3.05, 3.63) is 59.2 Å². The standard InChI is InChI=1S/C19H19N3O3/c1-3-4-16(11-19(23)24)15-6-8-17(9-7-15)25-13-14-5-10-18(20)22(12-14)21-2/h5-10,12,16,20H,2,11,13H2,1H3,(H,23,24). The van der Waals surface area contributed by atoms with E-state index < -0.39 is 5.97 Å². The Hall–Kier alpha value is -3.33.